The molecule has 1 aromatic rings. The first-order valence-electron chi connectivity index (χ1n) is 6.82. The van der Waals surface area contributed by atoms with Crippen molar-refractivity contribution in [2.24, 2.45) is 0 Å². The Hall–Kier alpha value is 0.0400. The van der Waals surface area contributed by atoms with Gasteiger partial charge in [0.1, 0.15) is 0 Å². The van der Waals surface area contributed by atoms with Crippen molar-refractivity contribution in [3.8, 4) is 0 Å². The molecular weight excluding hydrogens is 480 g/mol. The van der Waals surface area contributed by atoms with Crippen molar-refractivity contribution < 1.29 is 33.8 Å². The molecule has 0 aliphatic carbocycles. The van der Waals surface area contributed by atoms with Crippen LogP contribution in [0.25, 0.3) is 0 Å². The molecule has 1 atom stereocenters. The second kappa shape index (κ2) is 11.7. The number of pyridine rings is 1. The molecule has 0 aliphatic heterocycles. The van der Waals surface area contributed by atoms with Crippen LogP contribution in [0.15, 0.2) is 24.5 Å². The number of nitrogens with zero attached hydrogens (tertiary/aromatic N) is 1. The number of carbonyl (C=O) groups excluding carboxylic acids is 1. The highest BCUT2D eigenvalue weighted by atomic mass is 127. The van der Waals surface area contributed by atoms with E-state index in [0.29, 0.717) is 6.54 Å². The lowest BCUT2D eigenvalue weighted by atomic mass is 10.1. The topological polar surface area (TPSA) is 46.5 Å². The molecular formula is C14H23I2N3O. The Morgan fingerprint density at radius 3 is 2.55 bits per heavy atom. The van der Waals surface area contributed by atoms with Crippen LogP contribution in [-0.4, -0.2) is 23.4 Å². The predicted molar refractivity (Wildman–Crippen MR) is 84.6 cm³/mol. The molecule has 0 radical (unpaired) electrons. The normalized spacial score (nSPS) is 11.6. The van der Waals surface area contributed by atoms with Gasteiger partial charge < -0.3 is 28.9 Å². The molecule has 1 unspecified atom stereocenters. The van der Waals surface area contributed by atoms with Crippen molar-refractivity contribution in [2.45, 2.75) is 45.7 Å². The van der Waals surface area contributed by atoms with Gasteiger partial charge in [-0.1, -0.05) is 19.8 Å². The molecule has 2 N–H and O–H groups in total. The zero-order valence-corrected chi connectivity index (χ0v) is 16.3. The van der Waals surface area contributed by atoms with E-state index in [4.69, 9.17) is 0 Å². The molecule has 0 spiro atoms. The van der Waals surface area contributed by atoms with Gasteiger partial charge in [-0.05, 0) is 18.9 Å². The summed E-state index contributed by atoms with van der Waals surface area (Å²) in [5, 5.41) is 0. The predicted octanol–water partition coefficient (Wildman–Crippen LogP) is -0.648. The quantitative estimate of drug-likeness (QED) is 0.379. The maximum absolute atomic E-state index is 12.5. The monoisotopic (exact) mass is 503 g/mol. The smallest absolute Gasteiger partial charge is 0.240 e. The van der Waals surface area contributed by atoms with Gasteiger partial charge in [0.25, 0.3) is 0 Å². The fourth-order valence-electron chi connectivity index (χ4n) is 1.95. The first-order valence-corrected chi connectivity index (χ1v) is 7.90. The van der Waals surface area contributed by atoms with Crippen LogP contribution < -0.4 is 32.5 Å². The summed E-state index contributed by atoms with van der Waals surface area (Å²) < 4.78 is 3.11. The first-order chi connectivity index (χ1) is 9.22. The lowest BCUT2D eigenvalue weighted by Crippen LogP contribution is -3.00. The van der Waals surface area contributed by atoms with Crippen molar-refractivity contribution in [1.82, 2.24) is 8.43 Å². The summed E-state index contributed by atoms with van der Waals surface area (Å²) >= 11 is 2.08. The van der Waals surface area contributed by atoms with Crippen LogP contribution in [0, 0.1) is 0 Å². The van der Waals surface area contributed by atoms with Crippen LogP contribution in [0.3, 0.4) is 0 Å². The van der Waals surface area contributed by atoms with E-state index in [-0.39, 0.29) is 35.9 Å². The van der Waals surface area contributed by atoms with Crippen LogP contribution in [0.4, 0.5) is 0 Å². The zero-order valence-electron chi connectivity index (χ0n) is 12.0. The van der Waals surface area contributed by atoms with Gasteiger partial charge in [0.15, 0.2) is 12.4 Å². The maximum atomic E-state index is 12.5. The summed E-state index contributed by atoms with van der Waals surface area (Å²) in [6.07, 6.45) is 6.86. The molecule has 0 bridgehead atoms. The summed E-state index contributed by atoms with van der Waals surface area (Å²) in [5.74, 6) is 0.193. The molecule has 6 heteroatoms. The van der Waals surface area contributed by atoms with Crippen molar-refractivity contribution >= 4 is 28.8 Å². The standard InChI is InChI=1S/C14H22IN3O.HI/c1-3-5-6-13(17-15)14(19)18(4-2)11-12-7-9-16-10-8-12;/h7-10,13,17H,3-6,11H2,1-2H3;1H. The van der Waals surface area contributed by atoms with E-state index in [1.165, 1.54) is 0 Å². The number of unbranched alkanes of at least 4 members (excludes halogenated alkanes) is 1. The van der Waals surface area contributed by atoms with Crippen LogP contribution >= 0.6 is 22.9 Å². The van der Waals surface area contributed by atoms with Gasteiger partial charge in [-0.25, -0.2) is 8.51 Å². The SMILES string of the molecule is CCCCC(NI)C(=O)N(CC)Cc1cc[nH+]cc1.[I-]. The van der Waals surface area contributed by atoms with E-state index in [9.17, 15) is 4.79 Å². The largest absolute Gasteiger partial charge is 1.00 e. The third kappa shape index (κ3) is 6.66. The Bertz CT molecular complexity index is 376. The molecule has 1 rings (SSSR count). The Balaban J connectivity index is 0.00000361. The minimum atomic E-state index is -0.0734. The Kier molecular flexibility index (Phi) is 11.7. The van der Waals surface area contributed by atoms with Gasteiger partial charge in [0.2, 0.25) is 5.91 Å². The first kappa shape index (κ1) is 20.0. The lowest BCUT2D eigenvalue weighted by molar-refractivity contribution is -0.378. The molecule has 0 aromatic carbocycles. The summed E-state index contributed by atoms with van der Waals surface area (Å²) in [6.45, 7) is 5.58. The van der Waals surface area contributed by atoms with Crippen LogP contribution in [0.2, 0.25) is 0 Å². The maximum Gasteiger partial charge on any atom is 0.240 e. The molecule has 0 fully saturated rings. The van der Waals surface area contributed by atoms with E-state index < -0.39 is 0 Å². The lowest BCUT2D eigenvalue weighted by Gasteiger charge is -2.25. The van der Waals surface area contributed by atoms with Gasteiger partial charge in [0.05, 0.1) is 6.04 Å². The van der Waals surface area contributed by atoms with Crippen molar-refractivity contribution in [3.05, 3.63) is 30.1 Å². The average molecular weight is 503 g/mol. The Morgan fingerprint density at radius 1 is 1.40 bits per heavy atom. The number of nitrogens with one attached hydrogen (secondary N) is 2. The number of carbonyl (C=O) groups is 1. The summed E-state index contributed by atoms with van der Waals surface area (Å²) in [5.41, 5.74) is 1.15. The number of rotatable bonds is 8. The van der Waals surface area contributed by atoms with Gasteiger partial charge >= 0.3 is 0 Å². The van der Waals surface area contributed by atoms with Crippen LogP contribution in [0.5, 0.6) is 0 Å². The van der Waals surface area contributed by atoms with E-state index in [1.54, 1.807) is 0 Å². The van der Waals surface area contributed by atoms with Crippen LogP contribution in [-0.2, 0) is 11.3 Å². The third-order valence-electron chi connectivity index (χ3n) is 3.13. The van der Waals surface area contributed by atoms with Gasteiger partial charge in [-0.2, -0.15) is 0 Å². The fourth-order valence-corrected chi connectivity index (χ4v) is 2.52. The number of H-pyrrole nitrogens is 1. The molecule has 4 nitrogen and oxygen atoms in total. The van der Waals surface area contributed by atoms with Crippen molar-refractivity contribution in [3.63, 3.8) is 0 Å². The van der Waals surface area contributed by atoms with Gasteiger partial charge in [-0.3, -0.25) is 4.79 Å². The average Bonchev–Trinajstić information content (AvgIpc) is 2.46. The summed E-state index contributed by atoms with van der Waals surface area (Å²) in [4.78, 5) is 17.4. The van der Waals surface area contributed by atoms with Gasteiger partial charge in [0, 0.05) is 48.1 Å². The number of aromatic nitrogens is 1. The molecule has 0 saturated carbocycles. The fraction of sp³-hybridized carbons (Fsp3) is 0.571. The Morgan fingerprint density at radius 2 is 2.05 bits per heavy atom. The summed E-state index contributed by atoms with van der Waals surface area (Å²) in [6, 6.07) is 3.94. The number of aromatic amines is 1. The molecule has 0 saturated heterocycles. The molecule has 0 aliphatic rings. The number of hydrogen-bond acceptors (Lipinski definition) is 2. The van der Waals surface area contributed by atoms with E-state index in [1.807, 2.05) is 36.4 Å². The molecule has 20 heavy (non-hydrogen) atoms. The number of likely N-dealkylation sites (N-methyl/N-ethyl adjacent to an activating group) is 1. The number of hydrogen-bond donors (Lipinski definition) is 1. The van der Waals surface area contributed by atoms with E-state index in [0.717, 1.165) is 31.4 Å². The minimum Gasteiger partial charge on any atom is -1.00 e. The van der Waals surface area contributed by atoms with E-state index in [2.05, 4.69) is 38.3 Å². The third-order valence-corrected chi connectivity index (χ3v) is 3.88. The van der Waals surface area contributed by atoms with Crippen LogP contribution in [0.1, 0.15) is 38.7 Å². The highest BCUT2D eigenvalue weighted by molar-refractivity contribution is 14.1. The second-order valence-electron chi connectivity index (χ2n) is 4.56. The van der Waals surface area contributed by atoms with E-state index >= 15 is 0 Å². The molecule has 1 aromatic heterocycles. The Labute approximate surface area is 152 Å². The van der Waals surface area contributed by atoms with Gasteiger partial charge in [-0.15, -0.1) is 0 Å². The number of amides is 1. The molecule has 1 amide bonds. The highest BCUT2D eigenvalue weighted by Crippen LogP contribution is 2.09. The van der Waals surface area contributed by atoms with Crippen molar-refractivity contribution in [2.75, 3.05) is 6.54 Å². The highest BCUT2D eigenvalue weighted by Gasteiger charge is 2.22. The number of halogens is 2. The minimum absolute atomic E-state index is 0. The molecule has 1 heterocycles. The zero-order chi connectivity index (χ0) is 14.1. The molecule has 114 valence electrons. The second-order valence-corrected chi connectivity index (χ2v) is 5.19. The van der Waals surface area contributed by atoms with Crippen molar-refractivity contribution in [1.29, 1.82) is 0 Å². The summed E-state index contributed by atoms with van der Waals surface area (Å²) in [7, 11) is 0.